The summed E-state index contributed by atoms with van der Waals surface area (Å²) in [6.07, 6.45) is -1.90. The Kier molecular flexibility index (Phi) is 12.2. The molecular formula is C32H55NaO12S. The molecule has 1 saturated heterocycles. The first-order chi connectivity index (χ1) is 20.8. The molecule has 0 aromatic heterocycles. The van der Waals surface area contributed by atoms with Crippen molar-refractivity contribution in [3.8, 4) is 0 Å². The van der Waals surface area contributed by atoms with E-state index in [0.717, 1.165) is 25.7 Å². The summed E-state index contributed by atoms with van der Waals surface area (Å²) in [5, 5.41) is 66.6. The summed E-state index contributed by atoms with van der Waals surface area (Å²) >= 11 is 0. The van der Waals surface area contributed by atoms with Crippen molar-refractivity contribution >= 4 is 10.4 Å². The number of rotatable bonds is 10. The molecule has 0 spiro atoms. The van der Waals surface area contributed by atoms with E-state index in [1.165, 1.54) is 0 Å². The third kappa shape index (κ3) is 7.17. The van der Waals surface area contributed by atoms with Gasteiger partial charge in [-0.05, 0) is 91.8 Å². The Morgan fingerprint density at radius 2 is 1.59 bits per heavy atom. The summed E-state index contributed by atoms with van der Waals surface area (Å²) < 4.78 is 48.4. The molecule has 14 heteroatoms. The number of ether oxygens (including phenoxy) is 2. The molecule has 0 aromatic rings. The van der Waals surface area contributed by atoms with Crippen LogP contribution < -0.4 is 29.6 Å². The first kappa shape index (κ1) is 39.3. The van der Waals surface area contributed by atoms with Gasteiger partial charge >= 0.3 is 29.6 Å². The van der Waals surface area contributed by atoms with Gasteiger partial charge in [0.15, 0.2) is 6.29 Å². The summed E-state index contributed by atoms with van der Waals surface area (Å²) in [6, 6.07) is 0. The molecule has 5 rings (SSSR count). The van der Waals surface area contributed by atoms with Crippen LogP contribution in [-0.4, -0.2) is 105 Å². The van der Waals surface area contributed by atoms with Crippen LogP contribution in [0.4, 0.5) is 0 Å². The van der Waals surface area contributed by atoms with Gasteiger partial charge in [0.1, 0.15) is 18.3 Å². The smallest absolute Gasteiger partial charge is 0.726 e. The van der Waals surface area contributed by atoms with Crippen LogP contribution >= 0.6 is 0 Å². The van der Waals surface area contributed by atoms with Crippen molar-refractivity contribution in [2.24, 2.45) is 46.3 Å². The fourth-order valence-corrected chi connectivity index (χ4v) is 11.2. The van der Waals surface area contributed by atoms with Crippen molar-refractivity contribution in [3.05, 3.63) is 0 Å². The van der Waals surface area contributed by atoms with Gasteiger partial charge in [0, 0.05) is 12.3 Å². The number of aliphatic hydroxyl groups is 6. The van der Waals surface area contributed by atoms with E-state index in [9.17, 15) is 43.6 Å². The van der Waals surface area contributed by atoms with Crippen LogP contribution in [0, 0.1) is 46.3 Å². The first-order valence-corrected chi connectivity index (χ1v) is 18.2. The second-order valence-electron chi connectivity index (χ2n) is 16.0. The van der Waals surface area contributed by atoms with Crippen LogP contribution in [0.5, 0.6) is 0 Å². The molecule has 262 valence electrons. The molecule has 16 atom stereocenters. The van der Waals surface area contributed by atoms with E-state index >= 15 is 0 Å². The Balaban J connectivity index is 0.00000480. The predicted octanol–water partition coefficient (Wildman–Crippen LogP) is -1.55. The fourth-order valence-electron chi connectivity index (χ4n) is 10.9. The molecule has 12 nitrogen and oxygen atoms in total. The van der Waals surface area contributed by atoms with E-state index in [-0.39, 0.29) is 88.4 Å². The second-order valence-corrected chi connectivity index (χ2v) is 17.0. The molecule has 4 saturated carbocycles. The molecule has 0 radical (unpaired) electrons. The Hall–Kier alpha value is 0.550. The minimum absolute atomic E-state index is 0. The van der Waals surface area contributed by atoms with E-state index in [1.807, 2.05) is 13.8 Å². The molecule has 0 bridgehead atoms. The Morgan fingerprint density at radius 3 is 2.22 bits per heavy atom. The van der Waals surface area contributed by atoms with Crippen LogP contribution in [0.25, 0.3) is 0 Å². The molecule has 0 aromatic carbocycles. The minimum Gasteiger partial charge on any atom is -0.726 e. The maximum atomic E-state index is 12.5. The van der Waals surface area contributed by atoms with E-state index < -0.39 is 65.5 Å². The molecule has 7 unspecified atom stereocenters. The van der Waals surface area contributed by atoms with Crippen molar-refractivity contribution in [3.63, 3.8) is 0 Å². The molecular weight excluding hydrogens is 631 g/mol. The van der Waals surface area contributed by atoms with Gasteiger partial charge in [0.25, 0.3) is 0 Å². The molecule has 1 aliphatic heterocycles. The average molecular weight is 687 g/mol. The standard InChI is InChI=1S/C32H56O12S.Na/c1-16(2)23(43-29-27(37)26(36)24(44-29)15-42-45(39,40)41)7-6-17(3)19-13-21(34)28-31(19,5)11-9-25-30(4)10-8-18(33)12-20(30)22(35)14-32(25,28)38;/h16-29,33-38H,6-15H2,1-5H3,(H,39,40,41);/q;+1/p-1/t17-,18+,19-,20?,21-,22+,23+,24?,25?,26?,27?,28?,29?,30+,31-,32+;/m1./s1. The summed E-state index contributed by atoms with van der Waals surface area (Å²) in [5.41, 5.74) is -1.83. The summed E-state index contributed by atoms with van der Waals surface area (Å²) in [6.45, 7) is 9.73. The fraction of sp³-hybridized carbons (Fsp3) is 1.00. The van der Waals surface area contributed by atoms with Crippen LogP contribution in [0.3, 0.4) is 0 Å². The Labute approximate surface area is 295 Å². The SMILES string of the molecule is CC(C)[C@H](CC[C@@H](C)[C@H]1C[C@@H](O)C2[C@]3(O)C[C@H](O)C4C[C@@H](O)CC[C@]4(C)C3CC[C@@]21C)OC1OC(COS(=O)(=O)[O-])C(O)C1O.[Na+]. The zero-order chi connectivity index (χ0) is 33.3. The summed E-state index contributed by atoms with van der Waals surface area (Å²) in [4.78, 5) is 0. The predicted molar refractivity (Wildman–Crippen MR) is 160 cm³/mol. The topological polar surface area (TPSA) is 206 Å². The first-order valence-electron chi connectivity index (χ1n) is 16.9. The van der Waals surface area contributed by atoms with Crippen molar-refractivity contribution in [2.75, 3.05) is 6.61 Å². The van der Waals surface area contributed by atoms with Crippen molar-refractivity contribution < 1.29 is 86.8 Å². The Morgan fingerprint density at radius 1 is 0.935 bits per heavy atom. The molecule has 5 fully saturated rings. The van der Waals surface area contributed by atoms with Gasteiger partial charge in [-0.25, -0.2) is 8.42 Å². The van der Waals surface area contributed by atoms with Crippen LogP contribution in [0.15, 0.2) is 0 Å². The average Bonchev–Trinajstić information content (AvgIpc) is 3.37. The Bertz CT molecular complexity index is 1160. The number of hydrogen-bond donors (Lipinski definition) is 6. The van der Waals surface area contributed by atoms with Gasteiger partial charge in [0.05, 0.1) is 36.6 Å². The van der Waals surface area contributed by atoms with Gasteiger partial charge in [0.2, 0.25) is 10.4 Å². The zero-order valence-corrected chi connectivity index (χ0v) is 31.0. The molecule has 6 N–H and O–H groups in total. The van der Waals surface area contributed by atoms with Crippen molar-refractivity contribution in [2.45, 2.75) is 147 Å². The van der Waals surface area contributed by atoms with Gasteiger partial charge in [-0.15, -0.1) is 0 Å². The largest absolute Gasteiger partial charge is 1.00 e. The third-order valence-electron chi connectivity index (χ3n) is 13.1. The molecule has 4 aliphatic carbocycles. The molecule has 0 amide bonds. The number of aliphatic hydroxyl groups excluding tert-OH is 5. The summed E-state index contributed by atoms with van der Waals surface area (Å²) in [7, 11) is -4.99. The minimum atomic E-state index is -4.99. The van der Waals surface area contributed by atoms with Gasteiger partial charge in [-0.3, -0.25) is 4.18 Å². The maximum Gasteiger partial charge on any atom is 1.00 e. The second kappa shape index (κ2) is 14.3. The van der Waals surface area contributed by atoms with E-state index in [2.05, 4.69) is 25.0 Å². The van der Waals surface area contributed by atoms with Crippen LogP contribution in [-0.2, 0) is 24.1 Å². The normalized spacial score (nSPS) is 48.7. The van der Waals surface area contributed by atoms with Crippen LogP contribution in [0.2, 0.25) is 0 Å². The quantitative estimate of drug-likeness (QED) is 0.0878. The van der Waals surface area contributed by atoms with Gasteiger partial charge < -0.3 is 44.7 Å². The molecule has 1 heterocycles. The van der Waals surface area contributed by atoms with Gasteiger partial charge in [-0.1, -0.05) is 34.6 Å². The molecule has 46 heavy (non-hydrogen) atoms. The number of hydrogen-bond acceptors (Lipinski definition) is 12. The van der Waals surface area contributed by atoms with E-state index in [0.29, 0.717) is 25.7 Å². The maximum absolute atomic E-state index is 12.5. The van der Waals surface area contributed by atoms with E-state index in [4.69, 9.17) is 9.47 Å². The van der Waals surface area contributed by atoms with Crippen molar-refractivity contribution in [1.82, 2.24) is 0 Å². The monoisotopic (exact) mass is 686 g/mol. The third-order valence-corrected chi connectivity index (χ3v) is 13.5. The molecule has 5 aliphatic rings. The van der Waals surface area contributed by atoms with Crippen LogP contribution in [0.1, 0.15) is 92.4 Å². The zero-order valence-electron chi connectivity index (χ0n) is 28.2. The van der Waals surface area contributed by atoms with E-state index in [1.54, 1.807) is 0 Å². The summed E-state index contributed by atoms with van der Waals surface area (Å²) in [5.74, 6) is -0.192. The van der Waals surface area contributed by atoms with Gasteiger partial charge in [-0.2, -0.15) is 0 Å². The van der Waals surface area contributed by atoms with Crippen molar-refractivity contribution in [1.29, 1.82) is 0 Å². The number of fused-ring (bicyclic) bond motifs is 5.